The summed E-state index contributed by atoms with van der Waals surface area (Å²) in [6.45, 7) is 7.90. The molecule has 0 fully saturated rings. The Balaban J connectivity index is 0.00000127. The molecule has 0 saturated carbocycles. The molecule has 122 valence electrons. The van der Waals surface area contributed by atoms with Crippen molar-refractivity contribution in [1.29, 1.82) is 0 Å². The van der Waals surface area contributed by atoms with Gasteiger partial charge in [-0.1, -0.05) is 37.1 Å². The van der Waals surface area contributed by atoms with E-state index in [1.54, 1.807) is 12.1 Å². The maximum Gasteiger partial charge on any atom is 0.257 e. The summed E-state index contributed by atoms with van der Waals surface area (Å²) >= 11 is 5.14. The van der Waals surface area contributed by atoms with Gasteiger partial charge in [0.15, 0.2) is 5.11 Å². The number of carbonyl (C=O) groups excluding carboxylic acids is 1. The molecule has 2 rings (SSSR count). The Morgan fingerprint density at radius 1 is 1.04 bits per heavy atom. The average molecular weight is 329 g/mol. The van der Waals surface area contributed by atoms with Crippen LogP contribution in [0.5, 0.6) is 0 Å². The lowest BCUT2D eigenvalue weighted by molar-refractivity contribution is 0.0977. The fourth-order valence-corrected chi connectivity index (χ4v) is 2.27. The van der Waals surface area contributed by atoms with E-state index in [0.717, 1.165) is 16.8 Å². The van der Waals surface area contributed by atoms with Crippen molar-refractivity contribution in [2.24, 2.45) is 0 Å². The topological polar surface area (TPSA) is 67.2 Å². The van der Waals surface area contributed by atoms with Gasteiger partial charge in [-0.25, -0.2) is 0 Å². The molecule has 5 heteroatoms. The van der Waals surface area contributed by atoms with E-state index in [-0.39, 0.29) is 11.0 Å². The van der Waals surface area contributed by atoms with Gasteiger partial charge in [-0.15, -0.1) is 0 Å². The molecule has 0 aromatic heterocycles. The summed E-state index contributed by atoms with van der Waals surface area (Å²) < 4.78 is 0. The molecule has 0 atom stereocenters. The van der Waals surface area contributed by atoms with E-state index in [9.17, 15) is 4.79 Å². The van der Waals surface area contributed by atoms with Crippen molar-refractivity contribution in [3.8, 4) is 0 Å². The number of nitrogens with two attached hydrogens (primary N) is 1. The minimum atomic E-state index is -0.233. The fourth-order valence-electron chi connectivity index (χ4n) is 2.06. The van der Waals surface area contributed by atoms with Crippen LogP contribution in [-0.2, 0) is 0 Å². The summed E-state index contributed by atoms with van der Waals surface area (Å²) in [5, 5.41) is 5.83. The number of nitrogens with one attached hydrogen (secondary N) is 2. The van der Waals surface area contributed by atoms with Gasteiger partial charge >= 0.3 is 0 Å². The van der Waals surface area contributed by atoms with Crippen molar-refractivity contribution in [3.63, 3.8) is 0 Å². The van der Waals surface area contributed by atoms with Crippen molar-refractivity contribution < 1.29 is 4.79 Å². The molecule has 2 aromatic rings. The standard InChI is InChI=1S/C16H17N3OS.C2H6/c1-10-6-11(2)8-12(7-10)15(20)19-16(21)18-14-5-3-4-13(17)9-14;1-2/h3-9H,17H2,1-2H3,(H2,18,19,20,21);1-2H3. The van der Waals surface area contributed by atoms with E-state index < -0.39 is 0 Å². The lowest BCUT2D eigenvalue weighted by Crippen LogP contribution is -2.34. The Labute approximate surface area is 143 Å². The molecule has 0 unspecified atom stereocenters. The first-order chi connectivity index (χ1) is 10.9. The van der Waals surface area contributed by atoms with Gasteiger partial charge in [-0.3, -0.25) is 10.1 Å². The third-order valence-electron chi connectivity index (χ3n) is 2.86. The first-order valence-electron chi connectivity index (χ1n) is 7.50. The number of anilines is 2. The zero-order chi connectivity index (χ0) is 17.4. The summed E-state index contributed by atoms with van der Waals surface area (Å²) in [6.07, 6.45) is 0. The summed E-state index contributed by atoms with van der Waals surface area (Å²) in [5.41, 5.74) is 9.72. The molecule has 23 heavy (non-hydrogen) atoms. The smallest absolute Gasteiger partial charge is 0.257 e. The largest absolute Gasteiger partial charge is 0.399 e. The average Bonchev–Trinajstić information content (AvgIpc) is 2.48. The maximum absolute atomic E-state index is 12.2. The maximum atomic E-state index is 12.2. The van der Waals surface area contributed by atoms with Gasteiger partial charge in [0.2, 0.25) is 0 Å². The van der Waals surface area contributed by atoms with Crippen LogP contribution >= 0.6 is 12.2 Å². The van der Waals surface area contributed by atoms with Gasteiger partial charge in [0.05, 0.1) is 0 Å². The molecule has 0 bridgehead atoms. The van der Waals surface area contributed by atoms with Crippen LogP contribution in [0.4, 0.5) is 11.4 Å². The number of rotatable bonds is 2. The van der Waals surface area contributed by atoms with E-state index in [1.807, 2.05) is 58.0 Å². The molecule has 0 heterocycles. The molecule has 0 aliphatic rings. The predicted octanol–water partition coefficient (Wildman–Crippen LogP) is 4.04. The highest BCUT2D eigenvalue weighted by Crippen LogP contribution is 2.12. The van der Waals surface area contributed by atoms with Gasteiger partial charge in [0.1, 0.15) is 0 Å². The van der Waals surface area contributed by atoms with Crippen molar-refractivity contribution in [3.05, 3.63) is 59.2 Å². The summed E-state index contributed by atoms with van der Waals surface area (Å²) in [5.74, 6) is -0.233. The summed E-state index contributed by atoms with van der Waals surface area (Å²) in [4.78, 5) is 12.2. The van der Waals surface area contributed by atoms with Crippen LogP contribution < -0.4 is 16.4 Å². The third kappa shape index (κ3) is 6.08. The highest BCUT2D eigenvalue weighted by Gasteiger charge is 2.09. The highest BCUT2D eigenvalue weighted by atomic mass is 32.1. The number of thiocarbonyl (C=S) groups is 1. The molecule has 0 aliphatic heterocycles. The van der Waals surface area contributed by atoms with Crippen molar-refractivity contribution in [2.45, 2.75) is 27.7 Å². The Morgan fingerprint density at radius 3 is 2.22 bits per heavy atom. The van der Waals surface area contributed by atoms with E-state index in [2.05, 4.69) is 10.6 Å². The highest BCUT2D eigenvalue weighted by molar-refractivity contribution is 7.80. The Bertz CT molecular complexity index is 678. The fraction of sp³-hybridized carbons (Fsp3) is 0.222. The molecule has 0 saturated heterocycles. The van der Waals surface area contributed by atoms with Gasteiger partial charge in [-0.05, 0) is 56.4 Å². The molecule has 0 radical (unpaired) electrons. The van der Waals surface area contributed by atoms with Crippen molar-refractivity contribution >= 4 is 34.6 Å². The zero-order valence-corrected chi connectivity index (χ0v) is 14.8. The van der Waals surface area contributed by atoms with E-state index in [1.165, 1.54) is 0 Å². The minimum absolute atomic E-state index is 0.233. The van der Waals surface area contributed by atoms with E-state index in [0.29, 0.717) is 11.3 Å². The first-order valence-corrected chi connectivity index (χ1v) is 7.91. The van der Waals surface area contributed by atoms with Crippen LogP contribution in [0.25, 0.3) is 0 Å². The lowest BCUT2D eigenvalue weighted by Gasteiger charge is -2.10. The first kappa shape index (κ1) is 18.6. The van der Waals surface area contributed by atoms with Crippen molar-refractivity contribution in [2.75, 3.05) is 11.1 Å². The molecule has 1 amide bonds. The monoisotopic (exact) mass is 329 g/mol. The molecule has 0 aliphatic carbocycles. The zero-order valence-electron chi connectivity index (χ0n) is 13.9. The van der Waals surface area contributed by atoms with Crippen LogP contribution in [0.1, 0.15) is 35.3 Å². The second kappa shape index (κ2) is 8.90. The molecular weight excluding hydrogens is 306 g/mol. The number of hydrogen-bond donors (Lipinski definition) is 3. The second-order valence-electron chi connectivity index (χ2n) is 4.91. The lowest BCUT2D eigenvalue weighted by atomic mass is 10.1. The van der Waals surface area contributed by atoms with Gasteiger partial charge in [0.25, 0.3) is 5.91 Å². The number of benzene rings is 2. The number of amides is 1. The minimum Gasteiger partial charge on any atom is -0.399 e. The number of carbonyl (C=O) groups is 1. The number of aryl methyl sites for hydroxylation is 2. The summed E-state index contributed by atoms with van der Waals surface area (Å²) in [7, 11) is 0. The Kier molecular flexibility index (Phi) is 7.22. The second-order valence-corrected chi connectivity index (χ2v) is 5.32. The molecule has 0 spiro atoms. The number of nitrogen functional groups attached to an aromatic ring is 1. The molecule has 4 N–H and O–H groups in total. The Morgan fingerprint density at radius 2 is 1.65 bits per heavy atom. The van der Waals surface area contributed by atoms with Gasteiger partial charge in [-0.2, -0.15) is 0 Å². The van der Waals surface area contributed by atoms with Crippen LogP contribution in [0.15, 0.2) is 42.5 Å². The van der Waals surface area contributed by atoms with Crippen molar-refractivity contribution in [1.82, 2.24) is 5.32 Å². The van der Waals surface area contributed by atoms with Crippen LogP contribution in [-0.4, -0.2) is 11.0 Å². The quantitative estimate of drug-likeness (QED) is 0.574. The normalized spacial score (nSPS) is 9.39. The molecule has 4 nitrogen and oxygen atoms in total. The molecule has 2 aromatic carbocycles. The van der Waals surface area contributed by atoms with Crippen LogP contribution in [0.3, 0.4) is 0 Å². The van der Waals surface area contributed by atoms with E-state index in [4.69, 9.17) is 18.0 Å². The molecular formula is C18H23N3OS. The number of hydrogen-bond acceptors (Lipinski definition) is 3. The van der Waals surface area contributed by atoms with Gasteiger partial charge < -0.3 is 11.1 Å². The SMILES string of the molecule is CC.Cc1cc(C)cc(C(=O)NC(=S)Nc2cccc(N)c2)c1. The van der Waals surface area contributed by atoms with Gasteiger partial charge in [0, 0.05) is 16.9 Å². The third-order valence-corrected chi connectivity index (χ3v) is 3.06. The van der Waals surface area contributed by atoms with Crippen LogP contribution in [0, 0.1) is 13.8 Å². The Hall–Kier alpha value is -2.40. The predicted molar refractivity (Wildman–Crippen MR) is 102 cm³/mol. The van der Waals surface area contributed by atoms with E-state index >= 15 is 0 Å². The van der Waals surface area contributed by atoms with Crippen LogP contribution in [0.2, 0.25) is 0 Å². The summed E-state index contributed by atoms with van der Waals surface area (Å²) in [6, 6.07) is 12.8.